The number of rotatable bonds is 2. The number of halogens is 2. The van der Waals surface area contributed by atoms with Gasteiger partial charge in [-0.2, -0.15) is 0 Å². The zero-order chi connectivity index (χ0) is 10.7. The van der Waals surface area contributed by atoms with Crippen molar-refractivity contribution in [3.8, 4) is 11.6 Å². The van der Waals surface area contributed by atoms with Crippen LogP contribution in [0, 0.1) is 3.57 Å². The lowest BCUT2D eigenvalue weighted by atomic mass is 10.3. The molecule has 0 N–H and O–H groups in total. The highest BCUT2D eigenvalue weighted by atomic mass is 127. The second kappa shape index (κ2) is 4.81. The predicted octanol–water partition coefficient (Wildman–Crippen LogP) is 4.13. The summed E-state index contributed by atoms with van der Waals surface area (Å²) in [6.45, 7) is 0. The summed E-state index contributed by atoms with van der Waals surface area (Å²) in [4.78, 5) is 4.05. The monoisotopic (exact) mass is 331 g/mol. The fraction of sp³-hybridized carbons (Fsp3) is 0. The van der Waals surface area contributed by atoms with Crippen molar-refractivity contribution in [3.63, 3.8) is 0 Å². The van der Waals surface area contributed by atoms with Crippen molar-refractivity contribution in [2.45, 2.75) is 0 Å². The number of ether oxygens (including phenoxy) is 1. The first-order valence-electron chi connectivity index (χ1n) is 4.29. The number of pyridine rings is 1. The molecule has 2 rings (SSSR count). The Hall–Kier alpha value is -0.810. The van der Waals surface area contributed by atoms with E-state index in [-0.39, 0.29) is 0 Å². The van der Waals surface area contributed by atoms with Crippen molar-refractivity contribution in [1.29, 1.82) is 0 Å². The van der Waals surface area contributed by atoms with Crippen LogP contribution in [0.2, 0.25) is 5.02 Å². The van der Waals surface area contributed by atoms with Gasteiger partial charge >= 0.3 is 0 Å². The maximum atomic E-state index is 5.72. The molecule has 0 amide bonds. The third kappa shape index (κ3) is 3.07. The molecule has 0 aliphatic heterocycles. The Kier molecular flexibility index (Phi) is 3.43. The van der Waals surface area contributed by atoms with E-state index in [9.17, 15) is 0 Å². The van der Waals surface area contributed by atoms with Crippen molar-refractivity contribution in [3.05, 3.63) is 51.2 Å². The molecule has 0 aliphatic rings. The van der Waals surface area contributed by atoms with Crippen LogP contribution >= 0.6 is 34.2 Å². The van der Waals surface area contributed by atoms with E-state index in [1.165, 1.54) is 0 Å². The molecule has 2 aromatic rings. The van der Waals surface area contributed by atoms with Crippen LogP contribution in [-0.2, 0) is 0 Å². The summed E-state index contributed by atoms with van der Waals surface area (Å²) in [5, 5.41) is 0.602. The van der Waals surface area contributed by atoms with E-state index in [2.05, 4.69) is 27.6 Å². The largest absolute Gasteiger partial charge is 0.439 e. The standard InChI is InChI=1S/C11H7ClINO/c12-8-4-5-11(14-7-8)15-10-3-1-2-9(13)6-10/h1-7H. The lowest BCUT2D eigenvalue weighted by Crippen LogP contribution is -1.87. The minimum atomic E-state index is 0.543. The summed E-state index contributed by atoms with van der Waals surface area (Å²) < 4.78 is 6.66. The first kappa shape index (κ1) is 10.7. The lowest BCUT2D eigenvalue weighted by Gasteiger charge is -2.04. The molecule has 4 heteroatoms. The van der Waals surface area contributed by atoms with Gasteiger partial charge in [0.1, 0.15) is 5.75 Å². The molecular formula is C11H7ClINO. The quantitative estimate of drug-likeness (QED) is 0.772. The molecule has 0 radical (unpaired) electrons. The van der Waals surface area contributed by atoms with Gasteiger partial charge in [0.15, 0.2) is 0 Å². The zero-order valence-electron chi connectivity index (χ0n) is 7.65. The Labute approximate surface area is 106 Å². The molecule has 1 aromatic heterocycles. The average Bonchev–Trinajstić information content (AvgIpc) is 2.22. The predicted molar refractivity (Wildman–Crippen MR) is 68.5 cm³/mol. The zero-order valence-corrected chi connectivity index (χ0v) is 10.6. The Morgan fingerprint density at radius 2 is 2.07 bits per heavy atom. The molecule has 1 aromatic carbocycles. The van der Waals surface area contributed by atoms with Gasteiger partial charge in [0, 0.05) is 15.8 Å². The smallest absolute Gasteiger partial charge is 0.219 e. The number of hydrogen-bond acceptors (Lipinski definition) is 2. The van der Waals surface area contributed by atoms with E-state index in [1.54, 1.807) is 18.3 Å². The molecule has 0 fully saturated rings. The fourth-order valence-corrected chi connectivity index (χ4v) is 1.70. The van der Waals surface area contributed by atoms with E-state index >= 15 is 0 Å². The fourth-order valence-electron chi connectivity index (χ4n) is 1.07. The number of aromatic nitrogens is 1. The van der Waals surface area contributed by atoms with Crippen LogP contribution in [0.1, 0.15) is 0 Å². The molecule has 76 valence electrons. The van der Waals surface area contributed by atoms with Gasteiger partial charge in [-0.1, -0.05) is 17.7 Å². The van der Waals surface area contributed by atoms with Gasteiger partial charge in [-0.3, -0.25) is 0 Å². The summed E-state index contributed by atoms with van der Waals surface area (Å²) in [7, 11) is 0. The molecule has 0 spiro atoms. The van der Waals surface area contributed by atoms with Crippen LogP contribution in [0.3, 0.4) is 0 Å². The summed E-state index contributed by atoms with van der Waals surface area (Å²) >= 11 is 7.95. The third-order valence-electron chi connectivity index (χ3n) is 1.72. The van der Waals surface area contributed by atoms with Gasteiger partial charge in [-0.25, -0.2) is 4.98 Å². The molecular weight excluding hydrogens is 324 g/mol. The van der Waals surface area contributed by atoms with Crippen molar-refractivity contribution in [1.82, 2.24) is 4.98 Å². The van der Waals surface area contributed by atoms with Gasteiger partial charge in [0.2, 0.25) is 5.88 Å². The highest BCUT2D eigenvalue weighted by Gasteiger charge is 1.98. The maximum absolute atomic E-state index is 5.72. The van der Waals surface area contributed by atoms with Crippen molar-refractivity contribution < 1.29 is 4.74 Å². The Balaban J connectivity index is 2.18. The van der Waals surface area contributed by atoms with E-state index in [0.717, 1.165) is 9.32 Å². The van der Waals surface area contributed by atoms with Crippen LogP contribution in [0.25, 0.3) is 0 Å². The molecule has 0 atom stereocenters. The number of benzene rings is 1. The molecule has 15 heavy (non-hydrogen) atoms. The first-order valence-corrected chi connectivity index (χ1v) is 5.75. The van der Waals surface area contributed by atoms with E-state index < -0.39 is 0 Å². The number of hydrogen-bond donors (Lipinski definition) is 0. The Bertz CT molecular complexity index is 458. The second-order valence-electron chi connectivity index (χ2n) is 2.87. The van der Waals surface area contributed by atoms with Gasteiger partial charge in [0.25, 0.3) is 0 Å². The van der Waals surface area contributed by atoms with Crippen LogP contribution < -0.4 is 4.74 Å². The van der Waals surface area contributed by atoms with Crippen LogP contribution in [0.4, 0.5) is 0 Å². The highest BCUT2D eigenvalue weighted by molar-refractivity contribution is 14.1. The summed E-state index contributed by atoms with van der Waals surface area (Å²) in [5.41, 5.74) is 0. The first-order chi connectivity index (χ1) is 7.24. The molecule has 0 bridgehead atoms. The van der Waals surface area contributed by atoms with E-state index in [1.807, 2.05) is 24.3 Å². The highest BCUT2D eigenvalue weighted by Crippen LogP contribution is 2.21. The average molecular weight is 332 g/mol. The minimum Gasteiger partial charge on any atom is -0.439 e. The molecule has 0 saturated heterocycles. The Morgan fingerprint density at radius 3 is 2.73 bits per heavy atom. The maximum Gasteiger partial charge on any atom is 0.219 e. The van der Waals surface area contributed by atoms with Crippen LogP contribution in [0.15, 0.2) is 42.6 Å². The molecule has 2 nitrogen and oxygen atoms in total. The molecule has 0 unspecified atom stereocenters. The SMILES string of the molecule is Clc1ccc(Oc2cccc(I)c2)nc1. The Morgan fingerprint density at radius 1 is 1.20 bits per heavy atom. The van der Waals surface area contributed by atoms with Crippen molar-refractivity contribution >= 4 is 34.2 Å². The van der Waals surface area contributed by atoms with Gasteiger partial charge in [0.05, 0.1) is 5.02 Å². The third-order valence-corrected chi connectivity index (χ3v) is 2.61. The van der Waals surface area contributed by atoms with Gasteiger partial charge in [-0.05, 0) is 46.9 Å². The summed E-state index contributed by atoms with van der Waals surface area (Å²) in [6, 6.07) is 11.3. The lowest BCUT2D eigenvalue weighted by molar-refractivity contribution is 0.462. The van der Waals surface area contributed by atoms with Gasteiger partial charge in [-0.15, -0.1) is 0 Å². The summed E-state index contributed by atoms with van der Waals surface area (Å²) in [6.07, 6.45) is 1.56. The van der Waals surface area contributed by atoms with Crippen molar-refractivity contribution in [2.24, 2.45) is 0 Å². The van der Waals surface area contributed by atoms with E-state index in [0.29, 0.717) is 10.9 Å². The van der Waals surface area contributed by atoms with Gasteiger partial charge < -0.3 is 4.74 Å². The summed E-state index contributed by atoms with van der Waals surface area (Å²) in [5.74, 6) is 1.32. The number of nitrogens with zero attached hydrogens (tertiary/aromatic N) is 1. The minimum absolute atomic E-state index is 0.543. The molecule has 1 heterocycles. The second-order valence-corrected chi connectivity index (χ2v) is 4.56. The molecule has 0 saturated carbocycles. The topological polar surface area (TPSA) is 22.1 Å². The normalized spacial score (nSPS) is 10.0. The van der Waals surface area contributed by atoms with Crippen LogP contribution in [0.5, 0.6) is 11.6 Å². The van der Waals surface area contributed by atoms with E-state index in [4.69, 9.17) is 16.3 Å². The van der Waals surface area contributed by atoms with Crippen LogP contribution in [-0.4, -0.2) is 4.98 Å². The van der Waals surface area contributed by atoms with Crippen molar-refractivity contribution in [2.75, 3.05) is 0 Å². The molecule has 0 aliphatic carbocycles.